The highest BCUT2D eigenvalue weighted by Gasteiger charge is 2.08. The highest BCUT2D eigenvalue weighted by atomic mass is 16.5. The van der Waals surface area contributed by atoms with Gasteiger partial charge in [-0.05, 0) is 32.0 Å². The summed E-state index contributed by atoms with van der Waals surface area (Å²) in [5, 5.41) is 1.00. The fourth-order valence-electron chi connectivity index (χ4n) is 1.90. The number of benzene rings is 1. The zero-order chi connectivity index (χ0) is 13.8. The van der Waals surface area contributed by atoms with Crippen LogP contribution in [0.5, 0.6) is 0 Å². The van der Waals surface area contributed by atoms with Crippen LogP contribution in [0.2, 0.25) is 0 Å². The molecule has 0 amide bonds. The fraction of sp³-hybridized carbons (Fsp3) is 0.429. The zero-order valence-corrected chi connectivity index (χ0v) is 11.6. The lowest BCUT2D eigenvalue weighted by Gasteiger charge is -2.20. The smallest absolute Gasteiger partial charge is 0.139 e. The summed E-state index contributed by atoms with van der Waals surface area (Å²) in [7, 11) is 2.00. The van der Waals surface area contributed by atoms with Crippen LogP contribution < -0.4 is 10.6 Å². The van der Waals surface area contributed by atoms with Gasteiger partial charge in [-0.3, -0.25) is 0 Å². The molecule has 5 heteroatoms. The Hall–Kier alpha value is -1.88. The molecule has 0 aliphatic rings. The monoisotopic (exact) mass is 260 g/mol. The number of nitrogens with two attached hydrogens (primary N) is 1. The molecule has 0 bridgehead atoms. The Balaban J connectivity index is 2.19. The first-order valence-electron chi connectivity index (χ1n) is 6.41. The van der Waals surface area contributed by atoms with E-state index in [2.05, 4.69) is 14.9 Å². The van der Waals surface area contributed by atoms with Crippen LogP contribution in [0, 0.1) is 0 Å². The third-order valence-corrected chi connectivity index (χ3v) is 2.88. The van der Waals surface area contributed by atoms with Crippen molar-refractivity contribution in [3.8, 4) is 0 Å². The second-order valence-electron chi connectivity index (χ2n) is 4.81. The second-order valence-corrected chi connectivity index (χ2v) is 4.81. The number of nitrogen functional groups attached to an aromatic ring is 1. The quantitative estimate of drug-likeness (QED) is 0.834. The van der Waals surface area contributed by atoms with E-state index in [0.29, 0.717) is 12.3 Å². The topological polar surface area (TPSA) is 64.3 Å². The van der Waals surface area contributed by atoms with Crippen molar-refractivity contribution < 1.29 is 4.74 Å². The summed E-state index contributed by atoms with van der Waals surface area (Å²) in [6, 6.07) is 5.69. The summed E-state index contributed by atoms with van der Waals surface area (Å²) in [5.74, 6) is 0.900. The first-order valence-corrected chi connectivity index (χ1v) is 6.41. The molecule has 0 saturated heterocycles. The van der Waals surface area contributed by atoms with E-state index in [9.17, 15) is 0 Å². The predicted molar refractivity (Wildman–Crippen MR) is 78.3 cm³/mol. The van der Waals surface area contributed by atoms with Crippen LogP contribution in [0.15, 0.2) is 24.5 Å². The van der Waals surface area contributed by atoms with Crippen molar-refractivity contribution in [1.82, 2.24) is 9.97 Å². The number of hydrogen-bond acceptors (Lipinski definition) is 5. The minimum atomic E-state index is 0.246. The maximum absolute atomic E-state index is 5.77. The van der Waals surface area contributed by atoms with Gasteiger partial charge >= 0.3 is 0 Å². The normalized spacial score (nSPS) is 11.2. The van der Waals surface area contributed by atoms with Crippen molar-refractivity contribution in [1.29, 1.82) is 0 Å². The van der Waals surface area contributed by atoms with Gasteiger partial charge in [0, 0.05) is 24.7 Å². The third-order valence-electron chi connectivity index (χ3n) is 2.88. The number of likely N-dealkylation sites (N-methyl/N-ethyl adjacent to an activating group) is 1. The van der Waals surface area contributed by atoms with Crippen molar-refractivity contribution in [2.45, 2.75) is 20.0 Å². The summed E-state index contributed by atoms with van der Waals surface area (Å²) in [4.78, 5) is 10.7. The van der Waals surface area contributed by atoms with Gasteiger partial charge in [0.15, 0.2) is 0 Å². The first-order chi connectivity index (χ1) is 9.08. The van der Waals surface area contributed by atoms with Gasteiger partial charge in [0.05, 0.1) is 18.2 Å². The summed E-state index contributed by atoms with van der Waals surface area (Å²) < 4.78 is 5.56. The molecule has 1 aromatic heterocycles. The molecule has 102 valence electrons. The highest BCUT2D eigenvalue weighted by Crippen LogP contribution is 2.23. The minimum absolute atomic E-state index is 0.246. The van der Waals surface area contributed by atoms with Crippen molar-refractivity contribution >= 4 is 22.4 Å². The van der Waals surface area contributed by atoms with Crippen molar-refractivity contribution in [2.24, 2.45) is 0 Å². The maximum atomic E-state index is 5.77. The number of nitrogens with zero attached hydrogens (tertiary/aromatic N) is 3. The molecule has 1 aromatic carbocycles. The van der Waals surface area contributed by atoms with Crippen LogP contribution in [0.3, 0.4) is 0 Å². The lowest BCUT2D eigenvalue weighted by atomic mass is 10.2. The van der Waals surface area contributed by atoms with E-state index in [0.717, 1.165) is 23.3 Å². The molecule has 2 aromatic rings. The van der Waals surface area contributed by atoms with E-state index in [4.69, 9.17) is 10.5 Å². The molecule has 0 spiro atoms. The molecule has 0 atom stereocenters. The van der Waals surface area contributed by atoms with Crippen LogP contribution in [0.1, 0.15) is 13.8 Å². The summed E-state index contributed by atoms with van der Waals surface area (Å²) in [6.07, 6.45) is 1.81. The lowest BCUT2D eigenvalue weighted by molar-refractivity contribution is 0.0845. The minimum Gasteiger partial charge on any atom is -0.399 e. The molecule has 0 aliphatic carbocycles. The Morgan fingerprint density at radius 2 is 2.11 bits per heavy atom. The zero-order valence-electron chi connectivity index (χ0n) is 11.6. The van der Waals surface area contributed by atoms with E-state index in [1.807, 2.05) is 39.1 Å². The van der Waals surface area contributed by atoms with Gasteiger partial charge in [-0.25, -0.2) is 9.97 Å². The van der Waals surface area contributed by atoms with Crippen LogP contribution in [-0.4, -0.2) is 36.3 Å². The van der Waals surface area contributed by atoms with Gasteiger partial charge in [-0.15, -0.1) is 0 Å². The van der Waals surface area contributed by atoms with E-state index < -0.39 is 0 Å². The van der Waals surface area contributed by atoms with Gasteiger partial charge in [-0.1, -0.05) is 0 Å². The maximum Gasteiger partial charge on any atom is 0.139 e. The molecule has 0 fully saturated rings. The number of aromatic nitrogens is 2. The first kappa shape index (κ1) is 13.5. The predicted octanol–water partition coefficient (Wildman–Crippen LogP) is 2.07. The Bertz CT molecular complexity index is 556. The van der Waals surface area contributed by atoms with Gasteiger partial charge in [0.1, 0.15) is 12.1 Å². The summed E-state index contributed by atoms with van der Waals surface area (Å²) >= 11 is 0. The van der Waals surface area contributed by atoms with Crippen molar-refractivity contribution in [3.05, 3.63) is 24.5 Å². The molecule has 0 radical (unpaired) electrons. The molecule has 2 N–H and O–H groups in total. The van der Waals surface area contributed by atoms with Gasteiger partial charge in [0.2, 0.25) is 0 Å². The number of fused-ring (bicyclic) bond motifs is 1. The SMILES string of the molecule is CC(C)OCCN(C)c1ncnc2cc(N)ccc12. The lowest BCUT2D eigenvalue weighted by Crippen LogP contribution is -2.25. The second kappa shape index (κ2) is 5.84. The summed E-state index contributed by atoms with van der Waals surface area (Å²) in [6.45, 7) is 5.52. The summed E-state index contributed by atoms with van der Waals surface area (Å²) in [5.41, 5.74) is 7.34. The van der Waals surface area contributed by atoms with E-state index in [1.165, 1.54) is 0 Å². The van der Waals surface area contributed by atoms with Crippen LogP contribution >= 0.6 is 0 Å². The number of ether oxygens (including phenoxy) is 1. The van der Waals surface area contributed by atoms with Crippen molar-refractivity contribution in [2.75, 3.05) is 30.8 Å². The largest absolute Gasteiger partial charge is 0.399 e. The van der Waals surface area contributed by atoms with Gasteiger partial charge in [0.25, 0.3) is 0 Å². The van der Waals surface area contributed by atoms with E-state index >= 15 is 0 Å². The molecular weight excluding hydrogens is 240 g/mol. The van der Waals surface area contributed by atoms with E-state index in [-0.39, 0.29) is 6.10 Å². The van der Waals surface area contributed by atoms with Crippen molar-refractivity contribution in [3.63, 3.8) is 0 Å². The Morgan fingerprint density at radius 1 is 1.32 bits per heavy atom. The van der Waals surface area contributed by atoms with Gasteiger partial charge in [-0.2, -0.15) is 0 Å². The molecule has 0 aliphatic heterocycles. The molecule has 0 unspecified atom stereocenters. The highest BCUT2D eigenvalue weighted by molar-refractivity contribution is 5.91. The van der Waals surface area contributed by atoms with Gasteiger partial charge < -0.3 is 15.4 Å². The Morgan fingerprint density at radius 3 is 2.84 bits per heavy atom. The number of hydrogen-bond donors (Lipinski definition) is 1. The van der Waals surface area contributed by atoms with E-state index in [1.54, 1.807) is 6.33 Å². The molecular formula is C14H20N4O. The molecule has 19 heavy (non-hydrogen) atoms. The molecule has 0 saturated carbocycles. The standard InChI is InChI=1S/C14H20N4O/c1-10(2)19-7-6-18(3)14-12-5-4-11(15)8-13(12)16-9-17-14/h4-5,8-10H,6-7,15H2,1-3H3. The molecule has 2 rings (SSSR count). The molecule has 1 heterocycles. The molecule has 5 nitrogen and oxygen atoms in total. The Kier molecular flexibility index (Phi) is 4.16. The fourth-order valence-corrected chi connectivity index (χ4v) is 1.90. The third kappa shape index (κ3) is 3.32. The Labute approximate surface area is 113 Å². The number of rotatable bonds is 5. The van der Waals surface area contributed by atoms with Crippen LogP contribution in [0.25, 0.3) is 10.9 Å². The average Bonchev–Trinajstić information content (AvgIpc) is 2.37. The van der Waals surface area contributed by atoms with Crippen LogP contribution in [0.4, 0.5) is 11.5 Å². The van der Waals surface area contributed by atoms with Crippen LogP contribution in [-0.2, 0) is 4.74 Å². The number of anilines is 2. The average molecular weight is 260 g/mol.